The highest BCUT2D eigenvalue weighted by atomic mass is 16.2. The van der Waals surface area contributed by atoms with E-state index in [0.717, 1.165) is 28.9 Å². The maximum atomic E-state index is 13.3. The molecule has 2 heterocycles. The van der Waals surface area contributed by atoms with Crippen LogP contribution >= 0.6 is 0 Å². The third-order valence-corrected chi connectivity index (χ3v) is 5.99. The summed E-state index contributed by atoms with van der Waals surface area (Å²) in [4.78, 5) is 18.9. The van der Waals surface area contributed by atoms with Crippen LogP contribution < -0.4 is 5.32 Å². The molecule has 0 aliphatic carbocycles. The van der Waals surface area contributed by atoms with E-state index in [1.807, 2.05) is 42.2 Å². The average Bonchev–Trinajstić information content (AvgIpc) is 3.14. The molecule has 30 heavy (non-hydrogen) atoms. The van der Waals surface area contributed by atoms with Crippen molar-refractivity contribution < 1.29 is 4.79 Å². The van der Waals surface area contributed by atoms with Gasteiger partial charge in [-0.25, -0.2) is 4.79 Å². The Hall–Kier alpha value is -3.53. The zero-order chi connectivity index (χ0) is 20.7. The molecule has 0 fully saturated rings. The molecule has 4 nitrogen and oxygen atoms in total. The number of aryl methyl sites for hydroxylation is 2. The van der Waals surface area contributed by atoms with Crippen molar-refractivity contribution in [1.29, 1.82) is 0 Å². The van der Waals surface area contributed by atoms with Crippen LogP contribution in [0, 0.1) is 13.8 Å². The number of fused-ring (bicyclic) bond motifs is 3. The molecular weight excluding hydrogens is 370 g/mol. The second kappa shape index (κ2) is 7.38. The van der Waals surface area contributed by atoms with Gasteiger partial charge < -0.3 is 15.2 Å². The fourth-order valence-electron chi connectivity index (χ4n) is 4.39. The highest BCUT2D eigenvalue weighted by Gasteiger charge is 2.34. The molecule has 150 valence electrons. The molecule has 0 spiro atoms. The summed E-state index contributed by atoms with van der Waals surface area (Å²) in [6.45, 7) is 4.80. The Bertz CT molecular complexity index is 1210. The number of nitrogens with one attached hydrogen (secondary N) is 2. The van der Waals surface area contributed by atoms with Crippen molar-refractivity contribution in [3.63, 3.8) is 0 Å². The van der Waals surface area contributed by atoms with Crippen molar-refractivity contribution in [2.45, 2.75) is 26.3 Å². The van der Waals surface area contributed by atoms with Gasteiger partial charge in [0.25, 0.3) is 0 Å². The van der Waals surface area contributed by atoms with Gasteiger partial charge >= 0.3 is 6.03 Å². The standard InChI is InChI=1S/C26H25N3O/c1-17-7-11-19(12-8-17)25-24-22(21-5-3-4-6-23(21)28-24)15-16-29(25)26(30)27-20-13-9-18(2)10-14-20/h3-14,25,28H,15-16H2,1-2H3,(H,27,30). The smallest absolute Gasteiger partial charge is 0.322 e. The molecule has 1 aromatic heterocycles. The predicted molar refractivity (Wildman–Crippen MR) is 122 cm³/mol. The minimum absolute atomic E-state index is 0.0752. The molecule has 0 bridgehead atoms. The summed E-state index contributed by atoms with van der Waals surface area (Å²) in [7, 11) is 0. The first-order valence-electron chi connectivity index (χ1n) is 10.4. The Morgan fingerprint density at radius 3 is 2.33 bits per heavy atom. The van der Waals surface area contributed by atoms with E-state index >= 15 is 0 Å². The predicted octanol–water partition coefficient (Wildman–Crippen LogP) is 5.96. The van der Waals surface area contributed by atoms with Gasteiger partial charge in [-0.1, -0.05) is 65.7 Å². The van der Waals surface area contributed by atoms with Gasteiger partial charge in [-0.3, -0.25) is 0 Å². The molecular formula is C26H25N3O. The number of hydrogen-bond acceptors (Lipinski definition) is 1. The van der Waals surface area contributed by atoms with Crippen molar-refractivity contribution in [3.8, 4) is 0 Å². The minimum atomic E-state index is -0.146. The fraction of sp³-hybridized carbons (Fsp3) is 0.192. The van der Waals surface area contributed by atoms with Crippen LogP contribution in [0.15, 0.2) is 72.8 Å². The number of benzene rings is 3. The first-order chi connectivity index (χ1) is 14.6. The number of para-hydroxylation sites is 1. The number of aromatic amines is 1. The van der Waals surface area contributed by atoms with Crippen LogP contribution in [0.5, 0.6) is 0 Å². The molecule has 1 aliphatic heterocycles. The Balaban J connectivity index is 1.56. The molecule has 2 amide bonds. The van der Waals surface area contributed by atoms with Gasteiger partial charge in [0.1, 0.15) is 0 Å². The highest BCUT2D eigenvalue weighted by molar-refractivity contribution is 5.91. The Kier molecular flexibility index (Phi) is 4.55. The Labute approximate surface area is 176 Å². The van der Waals surface area contributed by atoms with E-state index in [2.05, 4.69) is 59.7 Å². The monoisotopic (exact) mass is 395 g/mol. The number of amides is 2. The van der Waals surface area contributed by atoms with E-state index in [0.29, 0.717) is 6.54 Å². The molecule has 5 rings (SSSR count). The number of hydrogen-bond donors (Lipinski definition) is 2. The number of carbonyl (C=O) groups excluding carboxylic acids is 1. The van der Waals surface area contributed by atoms with Crippen LogP contribution in [0.3, 0.4) is 0 Å². The van der Waals surface area contributed by atoms with E-state index < -0.39 is 0 Å². The molecule has 0 radical (unpaired) electrons. The van der Waals surface area contributed by atoms with Crippen molar-refractivity contribution in [2.75, 3.05) is 11.9 Å². The first-order valence-corrected chi connectivity index (χ1v) is 10.4. The SMILES string of the molecule is Cc1ccc(NC(=O)N2CCc3c([nH]c4ccccc34)C2c2ccc(C)cc2)cc1. The van der Waals surface area contributed by atoms with E-state index in [9.17, 15) is 4.79 Å². The first kappa shape index (κ1) is 18.5. The second-order valence-electron chi connectivity index (χ2n) is 8.12. The largest absolute Gasteiger partial charge is 0.356 e. The molecule has 4 aromatic rings. The molecule has 4 heteroatoms. The van der Waals surface area contributed by atoms with Crippen molar-refractivity contribution >= 4 is 22.6 Å². The molecule has 0 saturated carbocycles. The van der Waals surface area contributed by atoms with Gasteiger partial charge in [0.15, 0.2) is 0 Å². The average molecular weight is 396 g/mol. The number of aromatic nitrogens is 1. The molecule has 2 N–H and O–H groups in total. The lowest BCUT2D eigenvalue weighted by Crippen LogP contribution is -2.43. The van der Waals surface area contributed by atoms with Crippen LogP contribution in [0.1, 0.15) is 34.0 Å². The Morgan fingerprint density at radius 1 is 0.933 bits per heavy atom. The normalized spacial score (nSPS) is 15.8. The lowest BCUT2D eigenvalue weighted by Gasteiger charge is -2.36. The summed E-state index contributed by atoms with van der Waals surface area (Å²) in [6.07, 6.45) is 0.836. The van der Waals surface area contributed by atoms with E-state index in [1.54, 1.807) is 0 Å². The van der Waals surface area contributed by atoms with Crippen LogP contribution in [-0.4, -0.2) is 22.5 Å². The summed E-state index contributed by atoms with van der Waals surface area (Å²) >= 11 is 0. The number of rotatable bonds is 2. The summed E-state index contributed by atoms with van der Waals surface area (Å²) < 4.78 is 0. The van der Waals surface area contributed by atoms with Crippen LogP contribution in [-0.2, 0) is 6.42 Å². The zero-order valence-electron chi connectivity index (χ0n) is 17.3. The number of H-pyrrole nitrogens is 1. The number of urea groups is 1. The molecule has 0 saturated heterocycles. The lowest BCUT2D eigenvalue weighted by atomic mass is 9.92. The summed E-state index contributed by atoms with van der Waals surface area (Å²) in [5.74, 6) is 0. The van der Waals surface area contributed by atoms with Gasteiger partial charge in [-0.05, 0) is 49.6 Å². The summed E-state index contributed by atoms with van der Waals surface area (Å²) in [5.41, 5.74) is 7.87. The number of nitrogens with zero attached hydrogens (tertiary/aromatic N) is 1. The third kappa shape index (κ3) is 3.24. The van der Waals surface area contributed by atoms with Crippen molar-refractivity contribution in [3.05, 3.63) is 101 Å². The van der Waals surface area contributed by atoms with E-state index in [4.69, 9.17) is 0 Å². The maximum Gasteiger partial charge on any atom is 0.322 e. The zero-order valence-corrected chi connectivity index (χ0v) is 17.3. The van der Waals surface area contributed by atoms with Crippen LogP contribution in [0.25, 0.3) is 10.9 Å². The van der Waals surface area contributed by atoms with E-state index in [-0.39, 0.29) is 12.1 Å². The molecule has 1 unspecified atom stereocenters. The highest BCUT2D eigenvalue weighted by Crippen LogP contribution is 2.38. The Morgan fingerprint density at radius 2 is 1.60 bits per heavy atom. The van der Waals surface area contributed by atoms with Gasteiger partial charge in [-0.15, -0.1) is 0 Å². The molecule has 3 aromatic carbocycles. The fourth-order valence-corrected chi connectivity index (χ4v) is 4.39. The number of carbonyl (C=O) groups is 1. The van der Waals surface area contributed by atoms with E-state index in [1.165, 1.54) is 22.1 Å². The van der Waals surface area contributed by atoms with Gasteiger partial charge in [0, 0.05) is 28.8 Å². The minimum Gasteiger partial charge on any atom is -0.356 e. The maximum absolute atomic E-state index is 13.3. The van der Waals surface area contributed by atoms with Crippen LogP contribution in [0.2, 0.25) is 0 Å². The van der Waals surface area contributed by atoms with Crippen LogP contribution in [0.4, 0.5) is 10.5 Å². The van der Waals surface area contributed by atoms with Crippen molar-refractivity contribution in [2.24, 2.45) is 0 Å². The van der Waals surface area contributed by atoms with Gasteiger partial charge in [0.2, 0.25) is 0 Å². The summed E-state index contributed by atoms with van der Waals surface area (Å²) in [5, 5.41) is 4.34. The topological polar surface area (TPSA) is 48.1 Å². The molecule has 1 aliphatic rings. The third-order valence-electron chi connectivity index (χ3n) is 5.99. The molecule has 1 atom stereocenters. The lowest BCUT2D eigenvalue weighted by molar-refractivity contribution is 0.193. The second-order valence-corrected chi connectivity index (χ2v) is 8.12. The summed E-state index contributed by atoms with van der Waals surface area (Å²) in [6, 6.07) is 24.6. The van der Waals surface area contributed by atoms with Gasteiger partial charge in [0.05, 0.1) is 6.04 Å². The quantitative estimate of drug-likeness (QED) is 0.432. The number of anilines is 1. The van der Waals surface area contributed by atoms with Crippen molar-refractivity contribution in [1.82, 2.24) is 9.88 Å². The van der Waals surface area contributed by atoms with Gasteiger partial charge in [-0.2, -0.15) is 0 Å².